The maximum atomic E-state index is 11.7. The number of nitrogens with one attached hydrogen (secondary N) is 1. The molecule has 0 saturated heterocycles. The number of benzene rings is 1. The summed E-state index contributed by atoms with van der Waals surface area (Å²) >= 11 is 6.06. The van der Waals surface area contributed by atoms with Gasteiger partial charge in [-0.05, 0) is 12.1 Å². The van der Waals surface area contributed by atoms with E-state index in [0.717, 1.165) is 0 Å². The van der Waals surface area contributed by atoms with Gasteiger partial charge in [-0.3, -0.25) is 0 Å². The molecular weight excluding hydrogens is 256 g/mol. The van der Waals surface area contributed by atoms with Crippen LogP contribution in [-0.4, -0.2) is 21.7 Å². The van der Waals surface area contributed by atoms with E-state index in [1.165, 1.54) is 11.5 Å². The van der Waals surface area contributed by atoms with Crippen LogP contribution >= 0.6 is 11.6 Å². The molecule has 0 amide bonds. The van der Waals surface area contributed by atoms with Gasteiger partial charge in [-0.15, -0.1) is 0 Å². The number of nitrogen functional groups attached to an aromatic ring is 1. The molecule has 3 rings (SSSR count). The standard InChI is InChI=1S/C11H9ClN4O2/c1-18-9-2-5-7(13)4-10-14-15-11(17)16(10)8(5)3-6(9)12/h2-4H,13H2,1H3,(H,15,17). The van der Waals surface area contributed by atoms with E-state index in [2.05, 4.69) is 10.2 Å². The van der Waals surface area contributed by atoms with E-state index in [0.29, 0.717) is 33.0 Å². The average molecular weight is 265 g/mol. The third kappa shape index (κ3) is 1.36. The normalized spacial score (nSPS) is 11.2. The van der Waals surface area contributed by atoms with Crippen LogP contribution in [0.5, 0.6) is 5.75 Å². The van der Waals surface area contributed by atoms with Crippen molar-refractivity contribution in [2.75, 3.05) is 12.8 Å². The van der Waals surface area contributed by atoms with Gasteiger partial charge in [0.2, 0.25) is 0 Å². The van der Waals surface area contributed by atoms with Crippen LogP contribution < -0.4 is 16.2 Å². The van der Waals surface area contributed by atoms with Gasteiger partial charge in [0.15, 0.2) is 5.65 Å². The van der Waals surface area contributed by atoms with Gasteiger partial charge in [0.25, 0.3) is 0 Å². The first-order valence-corrected chi connectivity index (χ1v) is 5.52. The third-order valence-corrected chi connectivity index (χ3v) is 3.10. The molecule has 0 saturated carbocycles. The van der Waals surface area contributed by atoms with Crippen molar-refractivity contribution >= 4 is 33.8 Å². The topological polar surface area (TPSA) is 85.4 Å². The molecule has 7 heteroatoms. The fourth-order valence-corrected chi connectivity index (χ4v) is 2.21. The number of H-pyrrole nitrogens is 1. The Morgan fingerprint density at radius 3 is 2.94 bits per heavy atom. The van der Waals surface area contributed by atoms with Crippen molar-refractivity contribution in [1.82, 2.24) is 14.6 Å². The van der Waals surface area contributed by atoms with Gasteiger partial charge in [0, 0.05) is 17.1 Å². The third-order valence-electron chi connectivity index (χ3n) is 2.80. The molecule has 0 bridgehead atoms. The van der Waals surface area contributed by atoms with Crippen LogP contribution in [0.2, 0.25) is 5.02 Å². The van der Waals surface area contributed by atoms with E-state index in [1.54, 1.807) is 18.2 Å². The molecule has 0 aliphatic heterocycles. The number of methoxy groups -OCH3 is 1. The van der Waals surface area contributed by atoms with Crippen molar-refractivity contribution in [3.63, 3.8) is 0 Å². The predicted octanol–water partition coefficient (Wildman–Crippen LogP) is 1.42. The zero-order valence-electron chi connectivity index (χ0n) is 9.40. The van der Waals surface area contributed by atoms with Gasteiger partial charge >= 0.3 is 5.69 Å². The van der Waals surface area contributed by atoms with Crippen LogP contribution in [0.4, 0.5) is 5.69 Å². The monoisotopic (exact) mass is 264 g/mol. The van der Waals surface area contributed by atoms with E-state index >= 15 is 0 Å². The van der Waals surface area contributed by atoms with Crippen LogP contribution in [0, 0.1) is 0 Å². The molecule has 0 unspecified atom stereocenters. The molecule has 0 aliphatic rings. The zero-order chi connectivity index (χ0) is 12.9. The number of ether oxygens (including phenoxy) is 1. The lowest BCUT2D eigenvalue weighted by atomic mass is 10.1. The highest BCUT2D eigenvalue weighted by Crippen LogP contribution is 2.32. The number of aromatic nitrogens is 3. The maximum Gasteiger partial charge on any atom is 0.348 e. The molecule has 0 atom stereocenters. The molecule has 0 spiro atoms. The molecule has 18 heavy (non-hydrogen) atoms. The molecule has 1 aromatic carbocycles. The molecule has 2 heterocycles. The molecule has 0 fully saturated rings. The second kappa shape index (κ2) is 3.64. The van der Waals surface area contributed by atoms with E-state index in [9.17, 15) is 4.79 Å². The van der Waals surface area contributed by atoms with E-state index in [1.807, 2.05) is 0 Å². The fourth-order valence-electron chi connectivity index (χ4n) is 1.97. The number of hydrogen-bond donors (Lipinski definition) is 2. The summed E-state index contributed by atoms with van der Waals surface area (Å²) in [6.07, 6.45) is 0. The SMILES string of the molecule is COc1cc2c(N)cc3n[nH]c(=O)n3c2cc1Cl. The van der Waals surface area contributed by atoms with Gasteiger partial charge in [0.05, 0.1) is 17.6 Å². The fraction of sp³-hybridized carbons (Fsp3) is 0.0909. The number of rotatable bonds is 1. The Morgan fingerprint density at radius 1 is 1.44 bits per heavy atom. The summed E-state index contributed by atoms with van der Waals surface area (Å²) in [5, 5.41) is 7.34. The highest BCUT2D eigenvalue weighted by Gasteiger charge is 2.12. The van der Waals surface area contributed by atoms with E-state index < -0.39 is 0 Å². The molecule has 0 aliphatic carbocycles. The first-order valence-electron chi connectivity index (χ1n) is 5.14. The summed E-state index contributed by atoms with van der Waals surface area (Å²) < 4.78 is 6.55. The number of halogens is 1. The number of hydrogen-bond acceptors (Lipinski definition) is 4. The Kier molecular flexibility index (Phi) is 2.21. The minimum atomic E-state index is -0.337. The lowest BCUT2D eigenvalue weighted by molar-refractivity contribution is 0.415. The van der Waals surface area contributed by atoms with Crippen molar-refractivity contribution in [2.24, 2.45) is 0 Å². The second-order valence-corrected chi connectivity index (χ2v) is 4.23. The van der Waals surface area contributed by atoms with E-state index in [4.69, 9.17) is 22.1 Å². The number of pyridine rings is 1. The average Bonchev–Trinajstić information content (AvgIpc) is 2.70. The second-order valence-electron chi connectivity index (χ2n) is 3.83. The molecule has 2 aromatic heterocycles. The Bertz CT molecular complexity index is 821. The maximum absolute atomic E-state index is 11.7. The highest BCUT2D eigenvalue weighted by atomic mass is 35.5. The first kappa shape index (κ1) is 10.9. The minimum absolute atomic E-state index is 0.337. The number of anilines is 1. The summed E-state index contributed by atoms with van der Waals surface area (Å²) in [4.78, 5) is 11.7. The van der Waals surface area contributed by atoms with Crippen molar-refractivity contribution < 1.29 is 4.74 Å². The molecule has 3 N–H and O–H groups in total. The van der Waals surface area contributed by atoms with Crippen LogP contribution in [0.15, 0.2) is 23.0 Å². The summed E-state index contributed by atoms with van der Waals surface area (Å²) in [5.41, 5.74) is 7.15. The van der Waals surface area contributed by atoms with Crippen molar-refractivity contribution in [2.45, 2.75) is 0 Å². The highest BCUT2D eigenvalue weighted by molar-refractivity contribution is 6.33. The summed E-state index contributed by atoms with van der Waals surface area (Å²) in [7, 11) is 1.52. The van der Waals surface area contributed by atoms with Crippen LogP contribution in [0.25, 0.3) is 16.6 Å². The van der Waals surface area contributed by atoms with Crippen LogP contribution in [0.1, 0.15) is 0 Å². The zero-order valence-corrected chi connectivity index (χ0v) is 10.2. The van der Waals surface area contributed by atoms with Gasteiger partial charge < -0.3 is 10.5 Å². The smallest absolute Gasteiger partial charge is 0.348 e. The minimum Gasteiger partial charge on any atom is -0.495 e. The van der Waals surface area contributed by atoms with Crippen molar-refractivity contribution in [1.29, 1.82) is 0 Å². The number of nitrogens with two attached hydrogens (primary N) is 1. The predicted molar refractivity (Wildman–Crippen MR) is 69.3 cm³/mol. The molecule has 6 nitrogen and oxygen atoms in total. The van der Waals surface area contributed by atoms with E-state index in [-0.39, 0.29) is 5.69 Å². The largest absolute Gasteiger partial charge is 0.495 e. The summed E-state index contributed by atoms with van der Waals surface area (Å²) in [6.45, 7) is 0. The number of nitrogens with zero attached hydrogens (tertiary/aromatic N) is 2. The van der Waals surface area contributed by atoms with Crippen LogP contribution in [0.3, 0.4) is 0 Å². The molecule has 3 aromatic rings. The van der Waals surface area contributed by atoms with Gasteiger partial charge in [-0.2, -0.15) is 5.10 Å². The Labute approximate surface area is 106 Å². The van der Waals surface area contributed by atoms with Gasteiger partial charge in [-0.1, -0.05) is 11.6 Å². The van der Waals surface area contributed by atoms with Crippen LogP contribution in [-0.2, 0) is 0 Å². The lowest BCUT2D eigenvalue weighted by Gasteiger charge is -2.08. The molecular formula is C11H9ClN4O2. The summed E-state index contributed by atoms with van der Waals surface area (Å²) in [5.74, 6) is 0.506. The lowest BCUT2D eigenvalue weighted by Crippen LogP contribution is -2.10. The Balaban J connectivity index is 2.59. The molecule has 0 radical (unpaired) electrons. The van der Waals surface area contributed by atoms with Gasteiger partial charge in [0.1, 0.15) is 5.75 Å². The van der Waals surface area contributed by atoms with Crippen molar-refractivity contribution in [3.05, 3.63) is 33.7 Å². The quantitative estimate of drug-likeness (QED) is 0.696. The summed E-state index contributed by atoms with van der Waals surface area (Å²) in [6, 6.07) is 4.95. The first-order chi connectivity index (χ1) is 8.61. The Hall–Kier alpha value is -2.21. The van der Waals surface area contributed by atoms with Crippen molar-refractivity contribution in [3.8, 4) is 5.75 Å². The number of aromatic amines is 1. The van der Waals surface area contributed by atoms with Gasteiger partial charge in [-0.25, -0.2) is 14.3 Å². The Morgan fingerprint density at radius 2 is 2.22 bits per heavy atom. The molecule has 92 valence electrons. The number of fused-ring (bicyclic) bond motifs is 3.